The Labute approximate surface area is 94.6 Å². The number of halogens is 1. The van der Waals surface area contributed by atoms with Crippen molar-refractivity contribution in [1.29, 1.82) is 0 Å². The van der Waals surface area contributed by atoms with E-state index >= 15 is 0 Å². The number of hydrogen-bond acceptors (Lipinski definition) is 2. The van der Waals surface area contributed by atoms with Crippen LogP contribution in [0.3, 0.4) is 0 Å². The molecular weight excluding hydrogens is 214 g/mol. The van der Waals surface area contributed by atoms with Crippen molar-refractivity contribution in [2.75, 3.05) is 11.2 Å². The average Bonchev–Trinajstić information content (AvgIpc) is 2.63. The number of hydrogen-bond donors (Lipinski definition) is 1. The highest BCUT2D eigenvalue weighted by atomic mass is 35.5. The number of carbonyl (C=O) groups excluding carboxylic acids is 1. The van der Waals surface area contributed by atoms with E-state index < -0.39 is 0 Å². The minimum atomic E-state index is -0.0149. The van der Waals surface area contributed by atoms with Gasteiger partial charge in [0.15, 0.2) is 0 Å². The molecule has 84 valence electrons. The number of carbonyl (C=O) groups is 1. The molecule has 0 bridgehead atoms. The van der Waals surface area contributed by atoms with Gasteiger partial charge in [-0.3, -0.25) is 9.48 Å². The first-order valence-electron chi connectivity index (χ1n) is 5.03. The second-order valence-corrected chi connectivity index (χ2v) is 4.02. The Hall–Kier alpha value is -1.03. The molecule has 0 saturated carbocycles. The predicted octanol–water partition coefficient (Wildman–Crippen LogP) is 2.42. The van der Waals surface area contributed by atoms with Crippen LogP contribution in [-0.2, 0) is 4.79 Å². The second kappa shape index (κ2) is 5.75. The zero-order valence-corrected chi connectivity index (χ0v) is 9.79. The molecule has 0 aromatic carbocycles. The minimum absolute atomic E-state index is 0.0149. The van der Waals surface area contributed by atoms with E-state index in [0.717, 1.165) is 5.69 Å². The van der Waals surface area contributed by atoms with Gasteiger partial charge in [-0.2, -0.15) is 5.10 Å². The van der Waals surface area contributed by atoms with Gasteiger partial charge in [-0.15, -0.1) is 11.6 Å². The normalized spacial score (nSPS) is 10.7. The second-order valence-electron chi connectivity index (χ2n) is 3.64. The summed E-state index contributed by atoms with van der Waals surface area (Å²) < 4.78 is 1.80. The third-order valence-electron chi connectivity index (χ3n) is 1.95. The average molecular weight is 230 g/mol. The van der Waals surface area contributed by atoms with E-state index in [4.69, 9.17) is 11.6 Å². The van der Waals surface area contributed by atoms with Crippen LogP contribution in [0.15, 0.2) is 12.4 Å². The van der Waals surface area contributed by atoms with Crippen LogP contribution >= 0.6 is 11.6 Å². The monoisotopic (exact) mass is 229 g/mol. The fraction of sp³-hybridized carbons (Fsp3) is 0.600. The van der Waals surface area contributed by atoms with Gasteiger partial charge >= 0.3 is 0 Å². The van der Waals surface area contributed by atoms with Crippen molar-refractivity contribution in [3.63, 3.8) is 0 Å². The quantitative estimate of drug-likeness (QED) is 0.789. The first kappa shape index (κ1) is 12.0. The van der Waals surface area contributed by atoms with E-state index in [0.29, 0.717) is 24.8 Å². The van der Waals surface area contributed by atoms with Crippen LogP contribution in [0.5, 0.6) is 0 Å². The summed E-state index contributed by atoms with van der Waals surface area (Å²) in [5.41, 5.74) is 0.739. The molecule has 0 radical (unpaired) electrons. The molecule has 0 saturated heterocycles. The molecule has 1 aromatic rings. The summed E-state index contributed by atoms with van der Waals surface area (Å²) in [7, 11) is 0. The summed E-state index contributed by atoms with van der Waals surface area (Å²) in [6.45, 7) is 4.07. The van der Waals surface area contributed by atoms with Crippen molar-refractivity contribution >= 4 is 23.2 Å². The summed E-state index contributed by atoms with van der Waals surface area (Å²) in [5.74, 6) is 0.498. The Bertz CT molecular complexity index is 322. The van der Waals surface area contributed by atoms with Crippen molar-refractivity contribution in [3.05, 3.63) is 12.4 Å². The molecule has 0 aliphatic heterocycles. The lowest BCUT2D eigenvalue weighted by Gasteiger charge is -2.03. The Morgan fingerprint density at radius 1 is 1.67 bits per heavy atom. The van der Waals surface area contributed by atoms with E-state index in [1.807, 2.05) is 20.0 Å². The molecule has 5 heteroatoms. The first-order valence-corrected chi connectivity index (χ1v) is 5.57. The summed E-state index contributed by atoms with van der Waals surface area (Å²) in [5, 5.41) is 6.90. The third-order valence-corrected chi connectivity index (χ3v) is 2.22. The largest absolute Gasteiger partial charge is 0.323 e. The van der Waals surface area contributed by atoms with Gasteiger partial charge in [0.05, 0.1) is 11.9 Å². The number of anilines is 1. The van der Waals surface area contributed by atoms with Crippen LogP contribution in [0.25, 0.3) is 0 Å². The summed E-state index contributed by atoms with van der Waals surface area (Å²) in [4.78, 5) is 11.3. The van der Waals surface area contributed by atoms with Crippen LogP contribution in [0, 0.1) is 0 Å². The lowest BCUT2D eigenvalue weighted by molar-refractivity contribution is -0.116. The maximum atomic E-state index is 11.3. The topological polar surface area (TPSA) is 46.9 Å². The molecule has 1 rings (SSSR count). The Morgan fingerprint density at radius 3 is 2.93 bits per heavy atom. The molecule has 0 aliphatic carbocycles. The molecule has 1 heterocycles. The number of nitrogens with one attached hydrogen (secondary N) is 1. The summed E-state index contributed by atoms with van der Waals surface area (Å²) >= 11 is 5.50. The van der Waals surface area contributed by atoms with Gasteiger partial charge in [0, 0.05) is 24.5 Å². The van der Waals surface area contributed by atoms with Crippen LogP contribution in [0.4, 0.5) is 5.69 Å². The number of rotatable bonds is 5. The van der Waals surface area contributed by atoms with Crippen molar-refractivity contribution in [2.24, 2.45) is 0 Å². The molecule has 0 aliphatic rings. The van der Waals surface area contributed by atoms with Gasteiger partial charge in [0.2, 0.25) is 5.91 Å². The zero-order valence-electron chi connectivity index (χ0n) is 9.03. The SMILES string of the molecule is CC(C)n1cc(NC(=O)CCCCl)cn1. The predicted molar refractivity (Wildman–Crippen MR) is 61.2 cm³/mol. The van der Waals surface area contributed by atoms with Crippen LogP contribution in [0.2, 0.25) is 0 Å². The Kier molecular flexibility index (Phi) is 4.62. The summed E-state index contributed by atoms with van der Waals surface area (Å²) in [6, 6.07) is 0.304. The number of aromatic nitrogens is 2. The van der Waals surface area contributed by atoms with Gasteiger partial charge in [-0.05, 0) is 20.3 Å². The van der Waals surface area contributed by atoms with E-state index in [1.165, 1.54) is 0 Å². The van der Waals surface area contributed by atoms with Crippen molar-refractivity contribution in [3.8, 4) is 0 Å². The first-order chi connectivity index (χ1) is 7.13. The van der Waals surface area contributed by atoms with Crippen LogP contribution in [-0.4, -0.2) is 21.6 Å². The molecule has 1 aromatic heterocycles. The molecule has 1 N–H and O–H groups in total. The third kappa shape index (κ3) is 3.91. The molecule has 15 heavy (non-hydrogen) atoms. The highest BCUT2D eigenvalue weighted by Crippen LogP contribution is 2.10. The highest BCUT2D eigenvalue weighted by Gasteiger charge is 2.05. The summed E-state index contributed by atoms with van der Waals surface area (Å²) in [6.07, 6.45) is 4.63. The number of nitrogens with zero attached hydrogens (tertiary/aromatic N) is 2. The Balaban J connectivity index is 2.46. The fourth-order valence-electron chi connectivity index (χ4n) is 1.14. The fourth-order valence-corrected chi connectivity index (χ4v) is 1.27. The number of alkyl halides is 1. The minimum Gasteiger partial charge on any atom is -0.323 e. The van der Waals surface area contributed by atoms with E-state index in [9.17, 15) is 4.79 Å². The standard InChI is InChI=1S/C10H16ClN3O/c1-8(2)14-7-9(6-12-14)13-10(15)4-3-5-11/h6-8H,3-5H2,1-2H3,(H,13,15). The lowest BCUT2D eigenvalue weighted by Crippen LogP contribution is -2.10. The van der Waals surface area contributed by atoms with Crippen molar-refractivity contribution < 1.29 is 4.79 Å². The van der Waals surface area contributed by atoms with Gasteiger partial charge in [0.1, 0.15) is 0 Å². The molecule has 1 amide bonds. The maximum Gasteiger partial charge on any atom is 0.224 e. The van der Waals surface area contributed by atoms with E-state index in [-0.39, 0.29) is 5.91 Å². The smallest absolute Gasteiger partial charge is 0.224 e. The van der Waals surface area contributed by atoms with Crippen LogP contribution in [0.1, 0.15) is 32.7 Å². The zero-order chi connectivity index (χ0) is 11.3. The van der Waals surface area contributed by atoms with Crippen molar-refractivity contribution in [2.45, 2.75) is 32.7 Å². The molecule has 0 atom stereocenters. The molecular formula is C10H16ClN3O. The van der Waals surface area contributed by atoms with Crippen LogP contribution < -0.4 is 5.32 Å². The van der Waals surface area contributed by atoms with E-state index in [1.54, 1.807) is 10.9 Å². The van der Waals surface area contributed by atoms with Gasteiger partial charge in [0.25, 0.3) is 0 Å². The molecule has 0 spiro atoms. The van der Waals surface area contributed by atoms with Gasteiger partial charge < -0.3 is 5.32 Å². The number of amides is 1. The maximum absolute atomic E-state index is 11.3. The lowest BCUT2D eigenvalue weighted by atomic mass is 10.3. The van der Waals surface area contributed by atoms with E-state index in [2.05, 4.69) is 10.4 Å². The molecule has 4 nitrogen and oxygen atoms in total. The van der Waals surface area contributed by atoms with Gasteiger partial charge in [-0.25, -0.2) is 0 Å². The highest BCUT2D eigenvalue weighted by molar-refractivity contribution is 6.18. The molecule has 0 fully saturated rings. The van der Waals surface area contributed by atoms with Gasteiger partial charge in [-0.1, -0.05) is 0 Å². The van der Waals surface area contributed by atoms with Crippen molar-refractivity contribution in [1.82, 2.24) is 9.78 Å². The Morgan fingerprint density at radius 2 is 2.40 bits per heavy atom. The molecule has 0 unspecified atom stereocenters.